The molecule has 81 valence electrons. The molecule has 0 unspecified atom stereocenters. The molecule has 1 aromatic carbocycles. The molecule has 0 N–H and O–H groups in total. The third kappa shape index (κ3) is 3.85. The third-order valence-corrected chi connectivity index (χ3v) is 3.38. The summed E-state index contributed by atoms with van der Waals surface area (Å²) in [6.45, 7) is 4.02. The molecule has 0 fully saturated rings. The molecule has 1 aromatic rings. The van der Waals surface area contributed by atoms with Crippen LogP contribution in [0.4, 0.5) is 0 Å². The lowest BCUT2D eigenvalue weighted by Crippen LogP contribution is -2.12. The molecule has 0 aromatic heterocycles. The van der Waals surface area contributed by atoms with Crippen molar-refractivity contribution in [2.45, 2.75) is 4.90 Å². The van der Waals surface area contributed by atoms with Crippen molar-refractivity contribution in [2.75, 3.05) is 19.0 Å². The Kier molecular flexibility index (Phi) is 4.52. The first-order valence-corrected chi connectivity index (χ1v) is 6.20. The van der Waals surface area contributed by atoms with Gasteiger partial charge in [-0.3, -0.25) is 0 Å². The van der Waals surface area contributed by atoms with Gasteiger partial charge >= 0.3 is 0 Å². The van der Waals surface area contributed by atoms with Crippen molar-refractivity contribution in [3.05, 3.63) is 43.0 Å². The second-order valence-corrected chi connectivity index (χ2v) is 4.99. The molecule has 0 heterocycles. The summed E-state index contributed by atoms with van der Waals surface area (Å²) in [5.41, 5.74) is 0. The normalized spacial score (nSPS) is 11.2. The highest BCUT2D eigenvalue weighted by Crippen LogP contribution is 2.08. The van der Waals surface area contributed by atoms with Gasteiger partial charge in [0.2, 0.25) is 0 Å². The molecular weight excluding hydrogens is 212 g/mol. The number of sulfone groups is 1. The molecule has 1 rings (SSSR count). The van der Waals surface area contributed by atoms with E-state index in [4.69, 9.17) is 4.74 Å². The summed E-state index contributed by atoms with van der Waals surface area (Å²) >= 11 is 0. The maximum atomic E-state index is 11.7. The Hall–Kier alpha value is -1.13. The zero-order valence-corrected chi connectivity index (χ0v) is 9.16. The van der Waals surface area contributed by atoms with Gasteiger partial charge in [-0.2, -0.15) is 0 Å². The van der Waals surface area contributed by atoms with Crippen molar-refractivity contribution >= 4 is 9.84 Å². The van der Waals surface area contributed by atoms with Crippen LogP contribution in [0.1, 0.15) is 0 Å². The van der Waals surface area contributed by atoms with Gasteiger partial charge in [0.15, 0.2) is 9.84 Å². The van der Waals surface area contributed by atoms with Crippen LogP contribution in [0, 0.1) is 6.07 Å². The van der Waals surface area contributed by atoms with Crippen LogP contribution in [0.2, 0.25) is 0 Å². The van der Waals surface area contributed by atoms with Crippen LogP contribution in [0.25, 0.3) is 0 Å². The zero-order chi connectivity index (χ0) is 11.1. The lowest BCUT2D eigenvalue weighted by molar-refractivity contribution is 0.179. The van der Waals surface area contributed by atoms with Gasteiger partial charge in [-0.1, -0.05) is 24.3 Å². The molecule has 0 aliphatic rings. The van der Waals surface area contributed by atoms with Gasteiger partial charge < -0.3 is 4.74 Å². The molecular formula is C11H13O3S. The maximum Gasteiger partial charge on any atom is 0.181 e. The summed E-state index contributed by atoms with van der Waals surface area (Å²) in [4.78, 5) is 0.215. The minimum absolute atomic E-state index is 0.0264. The molecule has 0 amide bonds. The highest BCUT2D eigenvalue weighted by molar-refractivity contribution is 7.91. The first kappa shape index (κ1) is 11.9. The fourth-order valence-electron chi connectivity index (χ4n) is 1.02. The standard InChI is InChI=1S/C11H13O3S/c1-2-8-14-9-10-15(12,13)11-6-4-3-5-7-11/h2-6H,1,8-10H2. The van der Waals surface area contributed by atoms with E-state index in [1.54, 1.807) is 24.3 Å². The number of hydrogen-bond acceptors (Lipinski definition) is 3. The monoisotopic (exact) mass is 225 g/mol. The number of ether oxygens (including phenoxy) is 1. The van der Waals surface area contributed by atoms with Gasteiger partial charge in [0.25, 0.3) is 0 Å². The molecule has 3 nitrogen and oxygen atoms in total. The Morgan fingerprint density at radius 2 is 2.27 bits per heavy atom. The van der Waals surface area contributed by atoms with Gasteiger partial charge in [0, 0.05) is 6.07 Å². The van der Waals surface area contributed by atoms with E-state index in [0.29, 0.717) is 6.61 Å². The SMILES string of the molecule is C=CCOCCS(=O)(=O)c1[c]cccc1. The Morgan fingerprint density at radius 1 is 1.47 bits per heavy atom. The summed E-state index contributed by atoms with van der Waals surface area (Å²) in [5.74, 6) is -0.0264. The predicted octanol–water partition coefficient (Wildman–Crippen LogP) is 1.46. The number of rotatable bonds is 6. The zero-order valence-electron chi connectivity index (χ0n) is 8.35. The van der Waals surface area contributed by atoms with Gasteiger partial charge in [-0.25, -0.2) is 8.42 Å². The maximum absolute atomic E-state index is 11.7. The highest BCUT2D eigenvalue weighted by Gasteiger charge is 2.13. The van der Waals surface area contributed by atoms with E-state index in [2.05, 4.69) is 12.6 Å². The summed E-state index contributed by atoms with van der Waals surface area (Å²) in [6.07, 6.45) is 1.58. The highest BCUT2D eigenvalue weighted by atomic mass is 32.2. The summed E-state index contributed by atoms with van der Waals surface area (Å²) in [5, 5.41) is 0. The van der Waals surface area contributed by atoms with Crippen LogP contribution in [-0.4, -0.2) is 27.4 Å². The largest absolute Gasteiger partial charge is 0.376 e. The van der Waals surface area contributed by atoms with Crippen LogP contribution in [0.3, 0.4) is 0 Å². The van der Waals surface area contributed by atoms with Crippen molar-refractivity contribution in [1.29, 1.82) is 0 Å². The van der Waals surface area contributed by atoms with Gasteiger partial charge in [-0.15, -0.1) is 6.58 Å². The Balaban J connectivity index is 2.57. The minimum atomic E-state index is -3.26. The van der Waals surface area contributed by atoms with Crippen molar-refractivity contribution in [2.24, 2.45) is 0 Å². The van der Waals surface area contributed by atoms with Crippen LogP contribution < -0.4 is 0 Å². The van der Waals surface area contributed by atoms with Crippen molar-refractivity contribution in [1.82, 2.24) is 0 Å². The fraction of sp³-hybridized carbons (Fsp3) is 0.273. The van der Waals surface area contributed by atoms with Crippen LogP contribution >= 0.6 is 0 Å². The van der Waals surface area contributed by atoms with E-state index in [1.165, 1.54) is 6.07 Å². The quantitative estimate of drug-likeness (QED) is 0.544. The van der Waals surface area contributed by atoms with Crippen molar-refractivity contribution in [3.63, 3.8) is 0 Å². The minimum Gasteiger partial charge on any atom is -0.376 e. The second-order valence-electron chi connectivity index (χ2n) is 2.91. The van der Waals surface area contributed by atoms with E-state index < -0.39 is 9.84 Å². The molecule has 0 atom stereocenters. The van der Waals surface area contributed by atoms with Crippen molar-refractivity contribution in [3.8, 4) is 0 Å². The molecule has 0 saturated carbocycles. The van der Waals surface area contributed by atoms with Crippen LogP contribution in [-0.2, 0) is 14.6 Å². The lowest BCUT2D eigenvalue weighted by atomic mass is 10.4. The van der Waals surface area contributed by atoms with Gasteiger partial charge in [0.1, 0.15) is 0 Å². The van der Waals surface area contributed by atoms with E-state index in [1.807, 2.05) is 0 Å². The molecule has 0 spiro atoms. The molecule has 1 radical (unpaired) electrons. The average Bonchev–Trinajstić information content (AvgIpc) is 2.26. The van der Waals surface area contributed by atoms with Gasteiger partial charge in [-0.05, 0) is 6.07 Å². The first-order valence-electron chi connectivity index (χ1n) is 4.55. The van der Waals surface area contributed by atoms with E-state index in [-0.39, 0.29) is 17.3 Å². The summed E-state index contributed by atoms with van der Waals surface area (Å²) in [7, 11) is -3.26. The fourth-order valence-corrected chi connectivity index (χ4v) is 2.11. The molecule has 0 aliphatic heterocycles. The Bertz CT molecular complexity index is 395. The molecule has 0 saturated heterocycles. The Morgan fingerprint density at radius 3 is 2.87 bits per heavy atom. The van der Waals surface area contributed by atoms with E-state index in [9.17, 15) is 8.42 Å². The van der Waals surface area contributed by atoms with Gasteiger partial charge in [0.05, 0.1) is 23.9 Å². The predicted molar refractivity (Wildman–Crippen MR) is 58.3 cm³/mol. The molecule has 15 heavy (non-hydrogen) atoms. The average molecular weight is 225 g/mol. The molecule has 0 bridgehead atoms. The summed E-state index contributed by atoms with van der Waals surface area (Å²) < 4.78 is 28.3. The molecule has 0 aliphatic carbocycles. The molecule has 4 heteroatoms. The lowest BCUT2D eigenvalue weighted by Gasteiger charge is -2.03. The van der Waals surface area contributed by atoms with E-state index >= 15 is 0 Å². The van der Waals surface area contributed by atoms with Crippen molar-refractivity contribution < 1.29 is 13.2 Å². The summed E-state index contributed by atoms with van der Waals surface area (Å²) in [6, 6.07) is 9.20. The third-order valence-electron chi connectivity index (χ3n) is 1.75. The number of hydrogen-bond donors (Lipinski definition) is 0. The smallest absolute Gasteiger partial charge is 0.181 e. The van der Waals surface area contributed by atoms with E-state index in [0.717, 1.165) is 0 Å². The Labute approximate surface area is 90.3 Å². The number of benzene rings is 1. The van der Waals surface area contributed by atoms with Crippen LogP contribution in [0.15, 0.2) is 41.8 Å². The topological polar surface area (TPSA) is 43.4 Å². The first-order chi connectivity index (χ1) is 7.17. The van der Waals surface area contributed by atoms with Crippen LogP contribution in [0.5, 0.6) is 0 Å². The second kappa shape index (κ2) is 5.68.